The van der Waals surface area contributed by atoms with Crippen molar-refractivity contribution < 1.29 is 9.21 Å². The first-order valence-corrected chi connectivity index (χ1v) is 8.97. The van der Waals surface area contributed by atoms with Crippen LogP contribution in [0.3, 0.4) is 0 Å². The van der Waals surface area contributed by atoms with Gasteiger partial charge in [-0.25, -0.2) is 4.98 Å². The second-order valence-electron chi connectivity index (χ2n) is 6.54. The molecule has 2 aromatic heterocycles. The summed E-state index contributed by atoms with van der Waals surface area (Å²) in [6, 6.07) is 18.4. The van der Waals surface area contributed by atoms with Gasteiger partial charge in [0.05, 0.1) is 17.8 Å². The maximum Gasteiger partial charge on any atom is 0.240 e. The van der Waals surface area contributed by atoms with Crippen molar-refractivity contribution in [2.45, 2.75) is 20.0 Å². The van der Waals surface area contributed by atoms with Crippen LogP contribution in [0, 0.1) is 6.92 Å². The van der Waals surface area contributed by atoms with Gasteiger partial charge in [0.1, 0.15) is 12.8 Å². The Bertz CT molecular complexity index is 1190. The highest BCUT2D eigenvalue weighted by Gasteiger charge is 2.11. The maximum atomic E-state index is 12.5. The third kappa shape index (κ3) is 3.57. The minimum atomic E-state index is -0.166. The van der Waals surface area contributed by atoms with Crippen LogP contribution in [0.25, 0.3) is 22.4 Å². The Balaban J connectivity index is 1.47. The molecule has 0 aliphatic carbocycles. The first kappa shape index (κ1) is 17.7. The predicted molar refractivity (Wildman–Crippen MR) is 107 cm³/mol. The largest absolute Gasteiger partial charge is 0.444 e. The molecule has 0 bridgehead atoms. The van der Waals surface area contributed by atoms with Crippen molar-refractivity contribution in [2.75, 3.05) is 0 Å². The molecule has 4 rings (SSSR count). The molecule has 6 nitrogen and oxygen atoms in total. The van der Waals surface area contributed by atoms with E-state index in [1.807, 2.05) is 60.0 Å². The SMILES string of the molecule is Cc1cc(=O)c2ccccc2n1CC(=O)NCc1coc(-c2ccccc2)n1. The molecule has 2 aromatic carbocycles. The molecule has 140 valence electrons. The lowest BCUT2D eigenvalue weighted by molar-refractivity contribution is -0.121. The molecule has 1 N–H and O–H groups in total. The van der Waals surface area contributed by atoms with E-state index in [2.05, 4.69) is 10.3 Å². The Morgan fingerprint density at radius 2 is 1.86 bits per heavy atom. The number of pyridine rings is 1. The fourth-order valence-corrected chi connectivity index (χ4v) is 3.15. The van der Waals surface area contributed by atoms with Gasteiger partial charge in [-0.2, -0.15) is 0 Å². The first-order chi connectivity index (χ1) is 13.6. The van der Waals surface area contributed by atoms with Gasteiger partial charge in [-0.15, -0.1) is 0 Å². The molecule has 0 spiro atoms. The summed E-state index contributed by atoms with van der Waals surface area (Å²) in [7, 11) is 0. The van der Waals surface area contributed by atoms with Crippen molar-refractivity contribution in [3.8, 4) is 11.5 Å². The molecular weight excluding hydrogens is 354 g/mol. The van der Waals surface area contributed by atoms with Crippen molar-refractivity contribution >= 4 is 16.8 Å². The van der Waals surface area contributed by atoms with Crippen LogP contribution >= 0.6 is 0 Å². The molecular formula is C22H19N3O3. The lowest BCUT2D eigenvalue weighted by Gasteiger charge is -2.14. The lowest BCUT2D eigenvalue weighted by Crippen LogP contribution is -2.28. The zero-order chi connectivity index (χ0) is 19.5. The summed E-state index contributed by atoms with van der Waals surface area (Å²) in [6.07, 6.45) is 1.54. The van der Waals surface area contributed by atoms with Crippen molar-refractivity contribution in [1.82, 2.24) is 14.9 Å². The van der Waals surface area contributed by atoms with E-state index in [0.29, 0.717) is 17.0 Å². The van der Waals surface area contributed by atoms with Gasteiger partial charge in [-0.05, 0) is 31.2 Å². The zero-order valence-corrected chi connectivity index (χ0v) is 15.4. The van der Waals surface area contributed by atoms with Gasteiger partial charge >= 0.3 is 0 Å². The predicted octanol–water partition coefficient (Wildman–Crippen LogP) is 3.28. The lowest BCUT2D eigenvalue weighted by atomic mass is 10.2. The average molecular weight is 373 g/mol. The number of aryl methyl sites for hydroxylation is 1. The number of para-hydroxylation sites is 1. The van der Waals surface area contributed by atoms with E-state index in [9.17, 15) is 9.59 Å². The molecule has 1 amide bonds. The van der Waals surface area contributed by atoms with Crippen molar-refractivity contribution in [3.63, 3.8) is 0 Å². The Morgan fingerprint density at radius 1 is 1.11 bits per heavy atom. The summed E-state index contributed by atoms with van der Waals surface area (Å²) < 4.78 is 7.33. The Labute approximate surface area is 161 Å². The fraction of sp³-hybridized carbons (Fsp3) is 0.136. The number of nitrogens with zero attached hydrogens (tertiary/aromatic N) is 2. The van der Waals surface area contributed by atoms with E-state index in [4.69, 9.17) is 4.42 Å². The van der Waals surface area contributed by atoms with Crippen molar-refractivity contribution in [1.29, 1.82) is 0 Å². The number of fused-ring (bicyclic) bond motifs is 1. The molecule has 2 heterocycles. The Morgan fingerprint density at radius 3 is 2.68 bits per heavy atom. The molecule has 0 radical (unpaired) electrons. The molecule has 0 aliphatic rings. The third-order valence-corrected chi connectivity index (χ3v) is 4.57. The van der Waals surface area contributed by atoms with Gasteiger partial charge in [0, 0.05) is 22.7 Å². The summed E-state index contributed by atoms with van der Waals surface area (Å²) in [4.78, 5) is 29.0. The van der Waals surface area contributed by atoms with Crippen molar-refractivity contribution in [2.24, 2.45) is 0 Å². The van der Waals surface area contributed by atoms with Gasteiger partial charge < -0.3 is 14.3 Å². The highest BCUT2D eigenvalue weighted by atomic mass is 16.3. The highest BCUT2D eigenvalue weighted by molar-refractivity contribution is 5.82. The molecule has 0 aliphatic heterocycles. The number of rotatable bonds is 5. The van der Waals surface area contributed by atoms with E-state index < -0.39 is 0 Å². The summed E-state index contributed by atoms with van der Waals surface area (Å²) in [5, 5.41) is 3.46. The number of oxazole rings is 1. The minimum Gasteiger partial charge on any atom is -0.444 e. The fourth-order valence-electron chi connectivity index (χ4n) is 3.15. The van der Waals surface area contributed by atoms with Crippen LogP contribution in [0.15, 0.2) is 76.1 Å². The van der Waals surface area contributed by atoms with Crippen LogP contribution in [0.4, 0.5) is 0 Å². The van der Waals surface area contributed by atoms with Gasteiger partial charge in [-0.1, -0.05) is 30.3 Å². The van der Waals surface area contributed by atoms with Crippen LogP contribution in [-0.4, -0.2) is 15.5 Å². The van der Waals surface area contributed by atoms with E-state index >= 15 is 0 Å². The maximum absolute atomic E-state index is 12.5. The molecule has 0 saturated heterocycles. The van der Waals surface area contributed by atoms with Gasteiger partial charge in [-0.3, -0.25) is 9.59 Å². The molecule has 0 fully saturated rings. The van der Waals surface area contributed by atoms with Crippen LogP contribution in [0.5, 0.6) is 0 Å². The number of amides is 1. The molecule has 0 atom stereocenters. The highest BCUT2D eigenvalue weighted by Crippen LogP contribution is 2.18. The van der Waals surface area contributed by atoms with E-state index in [0.717, 1.165) is 16.8 Å². The number of carbonyl (C=O) groups is 1. The monoisotopic (exact) mass is 373 g/mol. The van der Waals surface area contributed by atoms with Gasteiger partial charge in [0.15, 0.2) is 5.43 Å². The summed E-state index contributed by atoms with van der Waals surface area (Å²) in [5.41, 5.74) is 2.98. The molecule has 28 heavy (non-hydrogen) atoms. The van der Waals surface area contributed by atoms with Crippen molar-refractivity contribution in [3.05, 3.63) is 88.5 Å². The van der Waals surface area contributed by atoms with Crippen LogP contribution < -0.4 is 10.7 Å². The standard InChI is InChI=1S/C22H19N3O3/c1-15-11-20(26)18-9-5-6-10-19(18)25(15)13-21(27)23-12-17-14-28-22(24-17)16-7-3-2-4-8-16/h2-11,14H,12-13H2,1H3,(H,23,27). The number of carbonyl (C=O) groups excluding carboxylic acids is 1. The first-order valence-electron chi connectivity index (χ1n) is 8.97. The zero-order valence-electron chi connectivity index (χ0n) is 15.4. The summed E-state index contributed by atoms with van der Waals surface area (Å²) >= 11 is 0. The van der Waals surface area contributed by atoms with Crippen LogP contribution in [-0.2, 0) is 17.9 Å². The quantitative estimate of drug-likeness (QED) is 0.582. The second kappa shape index (κ2) is 7.52. The third-order valence-electron chi connectivity index (χ3n) is 4.57. The number of hydrogen-bond donors (Lipinski definition) is 1. The molecule has 0 saturated carbocycles. The Kier molecular flexibility index (Phi) is 4.76. The molecule has 0 unspecified atom stereocenters. The number of nitrogens with one attached hydrogen (secondary N) is 1. The van der Waals surface area contributed by atoms with Crippen LogP contribution in [0.1, 0.15) is 11.4 Å². The van der Waals surface area contributed by atoms with E-state index in [1.165, 1.54) is 0 Å². The van der Waals surface area contributed by atoms with Crippen LogP contribution in [0.2, 0.25) is 0 Å². The molecule has 4 aromatic rings. The van der Waals surface area contributed by atoms with Gasteiger partial charge in [0.25, 0.3) is 0 Å². The number of benzene rings is 2. The van der Waals surface area contributed by atoms with E-state index in [1.54, 1.807) is 18.4 Å². The average Bonchev–Trinajstić information content (AvgIpc) is 3.19. The smallest absolute Gasteiger partial charge is 0.240 e. The topological polar surface area (TPSA) is 77.1 Å². The normalized spacial score (nSPS) is 10.9. The second-order valence-corrected chi connectivity index (χ2v) is 6.54. The summed E-state index contributed by atoms with van der Waals surface area (Å²) in [5.74, 6) is 0.355. The van der Waals surface area contributed by atoms with E-state index in [-0.39, 0.29) is 24.4 Å². The minimum absolute atomic E-state index is 0.0409. The number of aromatic nitrogens is 2. The Hall–Kier alpha value is -3.67. The molecule has 6 heteroatoms. The summed E-state index contributed by atoms with van der Waals surface area (Å²) in [6.45, 7) is 2.22. The number of hydrogen-bond acceptors (Lipinski definition) is 4. The van der Waals surface area contributed by atoms with Gasteiger partial charge in [0.2, 0.25) is 11.8 Å².